The number of hydrogen-bond donors (Lipinski definition) is 1. The Morgan fingerprint density at radius 1 is 0.884 bits per heavy atom. The zero-order valence-electron chi connectivity index (χ0n) is 24.6. The standard InChI is InChI=1S/C34H38N4O3S.H2O/c1-37-19-21-38(22-20-37)23-24-41-33-10-4-2-8-31(33)32-9-3-5-11-34(32)42(40)36-29-15-12-27(13-16-29)25-30(39)17-14-28-7-6-18-35-26-28;/h2-13,15-16,18,26,36H,14,17,19-25H2,1H3;1H2. The Kier molecular flexibility index (Phi) is 12.0. The van der Waals surface area contributed by atoms with Crippen LogP contribution in [0.4, 0.5) is 5.69 Å². The number of ether oxygens (including phenoxy) is 1. The van der Waals surface area contributed by atoms with E-state index in [1.807, 2.05) is 84.9 Å². The van der Waals surface area contributed by atoms with Crippen LogP contribution >= 0.6 is 0 Å². The number of nitrogens with zero attached hydrogens (tertiary/aromatic N) is 3. The van der Waals surface area contributed by atoms with E-state index in [2.05, 4.69) is 26.6 Å². The van der Waals surface area contributed by atoms with Gasteiger partial charge in [0.05, 0.1) is 4.90 Å². The lowest BCUT2D eigenvalue weighted by atomic mass is 10.0. The molecule has 1 saturated heterocycles. The van der Waals surface area contributed by atoms with Gasteiger partial charge in [0.25, 0.3) is 0 Å². The molecule has 1 unspecified atom stereocenters. The highest BCUT2D eigenvalue weighted by Gasteiger charge is 2.17. The van der Waals surface area contributed by atoms with Crippen molar-refractivity contribution in [3.05, 3.63) is 108 Å². The molecule has 3 aromatic carbocycles. The Morgan fingerprint density at radius 2 is 1.60 bits per heavy atom. The van der Waals surface area contributed by atoms with Gasteiger partial charge in [0.1, 0.15) is 18.1 Å². The number of para-hydroxylation sites is 1. The summed E-state index contributed by atoms with van der Waals surface area (Å²) in [5, 5.41) is 0. The van der Waals surface area contributed by atoms with Crippen molar-refractivity contribution in [2.45, 2.75) is 24.2 Å². The minimum absolute atomic E-state index is 0. The highest BCUT2D eigenvalue weighted by molar-refractivity contribution is 7.86. The first kappa shape index (κ1) is 32.0. The lowest BCUT2D eigenvalue weighted by Crippen LogP contribution is -2.45. The molecule has 43 heavy (non-hydrogen) atoms. The van der Waals surface area contributed by atoms with Crippen LogP contribution in [0.1, 0.15) is 17.5 Å². The number of carbonyl (C=O) groups excluding carboxylic acids is 1. The molecule has 3 N–H and O–H groups in total. The van der Waals surface area contributed by atoms with E-state index >= 15 is 0 Å². The fourth-order valence-electron chi connectivity index (χ4n) is 5.02. The van der Waals surface area contributed by atoms with E-state index in [0.29, 0.717) is 30.8 Å². The Bertz CT molecular complexity index is 1480. The van der Waals surface area contributed by atoms with E-state index in [1.165, 1.54) is 0 Å². The van der Waals surface area contributed by atoms with Crippen LogP contribution in [0.3, 0.4) is 0 Å². The fraction of sp³-hybridized carbons (Fsp3) is 0.294. The largest absolute Gasteiger partial charge is 0.492 e. The molecule has 1 fully saturated rings. The van der Waals surface area contributed by atoms with Crippen LogP contribution in [0.2, 0.25) is 0 Å². The van der Waals surface area contributed by atoms with Crippen molar-refractivity contribution in [3.63, 3.8) is 0 Å². The number of Topliss-reactive ketones (excluding diaryl/α,β-unsaturated/α-hetero) is 1. The van der Waals surface area contributed by atoms with Crippen molar-refractivity contribution < 1.29 is 19.2 Å². The summed E-state index contributed by atoms with van der Waals surface area (Å²) in [5.74, 6) is 0.968. The molecule has 9 heteroatoms. The van der Waals surface area contributed by atoms with Gasteiger partial charge in [0.2, 0.25) is 0 Å². The molecule has 0 spiro atoms. The van der Waals surface area contributed by atoms with Crippen LogP contribution in [0, 0.1) is 0 Å². The number of piperazine rings is 1. The van der Waals surface area contributed by atoms with Crippen LogP contribution in [0.25, 0.3) is 11.1 Å². The van der Waals surface area contributed by atoms with Gasteiger partial charge in [0, 0.05) is 74.8 Å². The average Bonchev–Trinajstić information content (AvgIpc) is 3.03. The normalized spacial score (nSPS) is 14.4. The molecule has 1 aliphatic heterocycles. The highest BCUT2D eigenvalue weighted by atomic mass is 32.2. The number of likely N-dealkylation sites (N-methyl/N-ethyl adjacent to an activating group) is 1. The zero-order chi connectivity index (χ0) is 29.1. The van der Waals surface area contributed by atoms with Gasteiger partial charge < -0.3 is 19.8 Å². The van der Waals surface area contributed by atoms with Crippen molar-refractivity contribution in [2.75, 3.05) is 51.1 Å². The predicted molar refractivity (Wildman–Crippen MR) is 173 cm³/mol. The molecule has 1 atom stereocenters. The summed E-state index contributed by atoms with van der Waals surface area (Å²) in [6.07, 6.45) is 5.07. The minimum Gasteiger partial charge on any atom is -0.492 e. The molecule has 226 valence electrons. The number of ketones is 1. The zero-order valence-corrected chi connectivity index (χ0v) is 25.4. The Hall–Kier alpha value is -3.89. The molecular formula is C34H40N4O4S. The van der Waals surface area contributed by atoms with Gasteiger partial charge in [-0.1, -0.05) is 54.6 Å². The highest BCUT2D eigenvalue weighted by Crippen LogP contribution is 2.34. The third-order valence-corrected chi connectivity index (χ3v) is 8.68. The first-order valence-corrected chi connectivity index (χ1v) is 15.6. The summed E-state index contributed by atoms with van der Waals surface area (Å²) in [4.78, 5) is 22.1. The Labute approximate surface area is 256 Å². The van der Waals surface area contributed by atoms with Gasteiger partial charge in [0.15, 0.2) is 11.0 Å². The van der Waals surface area contributed by atoms with Crippen LogP contribution < -0.4 is 9.46 Å². The fourth-order valence-corrected chi connectivity index (χ4v) is 6.06. The molecule has 0 bridgehead atoms. The lowest BCUT2D eigenvalue weighted by molar-refractivity contribution is -0.118. The number of hydrogen-bond acceptors (Lipinski definition) is 6. The molecular weight excluding hydrogens is 560 g/mol. The van der Waals surface area contributed by atoms with Crippen LogP contribution in [-0.2, 0) is 28.6 Å². The number of nitrogens with one attached hydrogen (secondary N) is 1. The number of rotatable bonds is 13. The molecule has 0 amide bonds. The molecule has 0 aliphatic carbocycles. The van der Waals surface area contributed by atoms with Gasteiger partial charge in [-0.3, -0.25) is 14.7 Å². The quantitative estimate of drug-likeness (QED) is 0.243. The molecule has 1 aromatic heterocycles. The predicted octanol–water partition coefficient (Wildman–Crippen LogP) is 4.43. The van der Waals surface area contributed by atoms with Crippen LogP contribution in [0.5, 0.6) is 5.75 Å². The molecule has 0 saturated carbocycles. The summed E-state index contributed by atoms with van der Waals surface area (Å²) >= 11 is 0. The minimum atomic E-state index is -1.50. The average molecular weight is 601 g/mol. The van der Waals surface area contributed by atoms with Crippen molar-refractivity contribution in [1.82, 2.24) is 14.8 Å². The summed E-state index contributed by atoms with van der Waals surface area (Å²) in [5.41, 5.74) is 4.51. The number of benzene rings is 3. The van der Waals surface area contributed by atoms with Gasteiger partial charge in [-0.15, -0.1) is 0 Å². The summed E-state index contributed by atoms with van der Waals surface area (Å²) in [6, 6.07) is 27.1. The Morgan fingerprint density at radius 3 is 2.35 bits per heavy atom. The number of aromatic nitrogens is 1. The topological polar surface area (TPSA) is 106 Å². The van der Waals surface area contributed by atoms with Crippen molar-refractivity contribution in [2.24, 2.45) is 0 Å². The van der Waals surface area contributed by atoms with Gasteiger partial charge in [-0.05, 0) is 54.9 Å². The molecule has 4 aromatic rings. The van der Waals surface area contributed by atoms with Gasteiger partial charge >= 0.3 is 0 Å². The SMILES string of the molecule is CN1CCN(CCOc2ccccc2-c2ccccc2S(=O)Nc2ccc(CC(=O)CCc3cccnc3)cc2)CC1.O. The van der Waals surface area contributed by atoms with E-state index in [1.54, 1.807) is 12.4 Å². The van der Waals surface area contributed by atoms with E-state index in [0.717, 1.165) is 66.4 Å². The first-order valence-electron chi connectivity index (χ1n) is 14.5. The second-order valence-corrected chi connectivity index (χ2v) is 11.8. The van der Waals surface area contributed by atoms with E-state index in [-0.39, 0.29) is 11.3 Å². The third-order valence-electron chi connectivity index (χ3n) is 7.51. The summed E-state index contributed by atoms with van der Waals surface area (Å²) in [6.45, 7) is 5.75. The second kappa shape index (κ2) is 16.1. The van der Waals surface area contributed by atoms with Gasteiger partial charge in [-0.25, -0.2) is 4.21 Å². The maximum Gasteiger partial charge on any atom is 0.150 e. The maximum absolute atomic E-state index is 13.5. The van der Waals surface area contributed by atoms with Crippen molar-refractivity contribution in [3.8, 4) is 16.9 Å². The number of aryl methyl sites for hydroxylation is 1. The lowest BCUT2D eigenvalue weighted by Gasteiger charge is -2.32. The van der Waals surface area contributed by atoms with Crippen LogP contribution in [-0.4, -0.2) is 76.6 Å². The molecule has 8 nitrogen and oxygen atoms in total. The molecule has 5 rings (SSSR count). The number of anilines is 1. The molecule has 2 heterocycles. The van der Waals surface area contributed by atoms with Gasteiger partial charge in [-0.2, -0.15) is 0 Å². The Balaban J connectivity index is 0.00000423. The smallest absolute Gasteiger partial charge is 0.150 e. The van der Waals surface area contributed by atoms with Crippen LogP contribution in [0.15, 0.2) is 102 Å². The number of carbonyl (C=O) groups is 1. The molecule has 1 aliphatic rings. The van der Waals surface area contributed by atoms with E-state index in [9.17, 15) is 9.00 Å². The van der Waals surface area contributed by atoms with E-state index in [4.69, 9.17) is 4.74 Å². The van der Waals surface area contributed by atoms with Crippen molar-refractivity contribution in [1.29, 1.82) is 0 Å². The monoisotopic (exact) mass is 600 g/mol. The number of pyridine rings is 1. The second-order valence-electron chi connectivity index (χ2n) is 10.6. The maximum atomic E-state index is 13.5. The summed E-state index contributed by atoms with van der Waals surface area (Å²) < 4.78 is 22.9. The van der Waals surface area contributed by atoms with E-state index < -0.39 is 11.0 Å². The summed E-state index contributed by atoms with van der Waals surface area (Å²) in [7, 11) is 0.657. The third kappa shape index (κ3) is 9.30. The first-order chi connectivity index (χ1) is 20.5. The van der Waals surface area contributed by atoms with Crippen molar-refractivity contribution >= 4 is 22.5 Å². The molecule has 0 radical (unpaired) electrons.